The first-order valence-corrected chi connectivity index (χ1v) is 6.58. The van der Waals surface area contributed by atoms with Crippen molar-refractivity contribution in [3.05, 3.63) is 71.9 Å². The quantitative estimate of drug-likeness (QED) is 0.800. The van der Waals surface area contributed by atoms with E-state index in [1.54, 1.807) is 41.3 Å². The van der Waals surface area contributed by atoms with Gasteiger partial charge < -0.3 is 5.11 Å². The van der Waals surface area contributed by atoms with E-state index in [0.29, 0.717) is 23.4 Å². The first kappa shape index (κ1) is 13.5. The minimum atomic E-state index is -0.332. The van der Waals surface area contributed by atoms with Crippen molar-refractivity contribution in [2.45, 2.75) is 13.2 Å². The standard InChI is InChI=1S/C16H14FN3O/c17-15-3-2-12(10-20-7-1-5-19-20)8-14(15)16-9-13(11-21)4-6-18-16/h1-9,21H,10-11H2. The highest BCUT2D eigenvalue weighted by Gasteiger charge is 2.09. The summed E-state index contributed by atoms with van der Waals surface area (Å²) in [5.41, 5.74) is 2.58. The molecule has 3 aromatic rings. The van der Waals surface area contributed by atoms with Gasteiger partial charge in [-0.1, -0.05) is 6.07 Å². The molecule has 0 radical (unpaired) electrons. The van der Waals surface area contributed by atoms with Gasteiger partial charge in [0.25, 0.3) is 0 Å². The molecule has 0 unspecified atom stereocenters. The summed E-state index contributed by atoms with van der Waals surface area (Å²) in [5, 5.41) is 13.3. The van der Waals surface area contributed by atoms with E-state index in [1.807, 2.05) is 12.3 Å². The van der Waals surface area contributed by atoms with Crippen LogP contribution in [0.25, 0.3) is 11.3 Å². The Morgan fingerprint density at radius 3 is 2.76 bits per heavy atom. The third-order valence-corrected chi connectivity index (χ3v) is 3.22. The number of rotatable bonds is 4. The third kappa shape index (κ3) is 2.98. The van der Waals surface area contributed by atoms with E-state index >= 15 is 0 Å². The number of aromatic nitrogens is 3. The molecule has 0 saturated heterocycles. The van der Waals surface area contributed by atoms with Crippen LogP contribution >= 0.6 is 0 Å². The molecule has 2 aromatic heterocycles. The Morgan fingerprint density at radius 2 is 2.00 bits per heavy atom. The van der Waals surface area contributed by atoms with Crippen LogP contribution in [0.3, 0.4) is 0 Å². The van der Waals surface area contributed by atoms with Crippen molar-refractivity contribution in [2.75, 3.05) is 0 Å². The van der Waals surface area contributed by atoms with Gasteiger partial charge in [0.05, 0.1) is 18.8 Å². The van der Waals surface area contributed by atoms with Gasteiger partial charge in [-0.25, -0.2) is 4.39 Å². The number of aliphatic hydroxyl groups is 1. The zero-order valence-corrected chi connectivity index (χ0v) is 11.3. The predicted molar refractivity (Wildman–Crippen MR) is 76.9 cm³/mol. The van der Waals surface area contributed by atoms with E-state index in [-0.39, 0.29) is 12.4 Å². The number of benzene rings is 1. The molecule has 0 fully saturated rings. The molecule has 0 spiro atoms. The number of aliphatic hydroxyl groups excluding tert-OH is 1. The summed E-state index contributed by atoms with van der Waals surface area (Å²) in [7, 11) is 0. The number of pyridine rings is 1. The van der Waals surface area contributed by atoms with Gasteiger partial charge >= 0.3 is 0 Å². The fourth-order valence-electron chi connectivity index (χ4n) is 2.17. The highest BCUT2D eigenvalue weighted by molar-refractivity contribution is 5.61. The summed E-state index contributed by atoms with van der Waals surface area (Å²) in [4.78, 5) is 4.18. The molecular weight excluding hydrogens is 269 g/mol. The van der Waals surface area contributed by atoms with Crippen LogP contribution in [0.5, 0.6) is 0 Å². The second-order valence-electron chi connectivity index (χ2n) is 4.73. The van der Waals surface area contributed by atoms with Gasteiger partial charge in [0.2, 0.25) is 0 Å². The van der Waals surface area contributed by atoms with Crippen molar-refractivity contribution >= 4 is 0 Å². The van der Waals surface area contributed by atoms with Crippen LogP contribution in [0.1, 0.15) is 11.1 Å². The summed E-state index contributed by atoms with van der Waals surface area (Å²) in [5.74, 6) is -0.332. The van der Waals surface area contributed by atoms with E-state index in [9.17, 15) is 9.50 Å². The summed E-state index contributed by atoms with van der Waals surface area (Å²) < 4.78 is 15.8. The first-order valence-electron chi connectivity index (χ1n) is 6.58. The molecule has 1 N–H and O–H groups in total. The lowest BCUT2D eigenvalue weighted by atomic mass is 10.1. The molecule has 5 heteroatoms. The predicted octanol–water partition coefficient (Wildman–Crippen LogP) is 2.62. The van der Waals surface area contributed by atoms with Crippen molar-refractivity contribution < 1.29 is 9.50 Å². The van der Waals surface area contributed by atoms with Crippen molar-refractivity contribution in [3.8, 4) is 11.3 Å². The van der Waals surface area contributed by atoms with Crippen LogP contribution in [-0.2, 0) is 13.2 Å². The number of hydrogen-bond acceptors (Lipinski definition) is 3. The summed E-state index contributed by atoms with van der Waals surface area (Å²) >= 11 is 0. The molecule has 0 saturated carbocycles. The monoisotopic (exact) mass is 283 g/mol. The molecular formula is C16H14FN3O. The minimum absolute atomic E-state index is 0.0931. The maximum Gasteiger partial charge on any atom is 0.132 e. The molecule has 0 bridgehead atoms. The number of hydrogen-bond donors (Lipinski definition) is 1. The molecule has 0 amide bonds. The maximum absolute atomic E-state index is 14.0. The van der Waals surface area contributed by atoms with Gasteiger partial charge in [0, 0.05) is 24.2 Å². The Kier molecular flexibility index (Phi) is 3.75. The van der Waals surface area contributed by atoms with Crippen LogP contribution in [0.4, 0.5) is 4.39 Å². The largest absolute Gasteiger partial charge is 0.392 e. The Morgan fingerprint density at radius 1 is 1.10 bits per heavy atom. The molecule has 0 atom stereocenters. The van der Waals surface area contributed by atoms with Crippen LogP contribution in [0.15, 0.2) is 55.0 Å². The number of halogens is 1. The lowest BCUT2D eigenvalue weighted by Gasteiger charge is -2.08. The van der Waals surface area contributed by atoms with Crippen molar-refractivity contribution in [1.29, 1.82) is 0 Å². The molecule has 21 heavy (non-hydrogen) atoms. The second-order valence-corrected chi connectivity index (χ2v) is 4.73. The third-order valence-electron chi connectivity index (χ3n) is 3.22. The molecule has 1 aromatic carbocycles. The average molecular weight is 283 g/mol. The average Bonchev–Trinajstić information content (AvgIpc) is 3.02. The SMILES string of the molecule is OCc1ccnc(-c2cc(Cn3cccn3)ccc2F)c1. The number of nitrogens with zero attached hydrogens (tertiary/aromatic N) is 3. The fraction of sp³-hybridized carbons (Fsp3) is 0.125. The van der Waals surface area contributed by atoms with Gasteiger partial charge in [0.1, 0.15) is 5.82 Å². The van der Waals surface area contributed by atoms with E-state index in [0.717, 1.165) is 5.56 Å². The van der Waals surface area contributed by atoms with Crippen LogP contribution in [-0.4, -0.2) is 19.9 Å². The first-order chi connectivity index (χ1) is 10.3. The van der Waals surface area contributed by atoms with Crippen LogP contribution in [0.2, 0.25) is 0 Å². The minimum Gasteiger partial charge on any atom is -0.392 e. The van der Waals surface area contributed by atoms with Crippen LogP contribution in [0, 0.1) is 5.82 Å². The van der Waals surface area contributed by atoms with Crippen LogP contribution < -0.4 is 0 Å². The van der Waals surface area contributed by atoms with E-state index in [1.165, 1.54) is 6.07 Å². The Hall–Kier alpha value is -2.53. The van der Waals surface area contributed by atoms with E-state index < -0.39 is 0 Å². The van der Waals surface area contributed by atoms with Crippen molar-refractivity contribution in [1.82, 2.24) is 14.8 Å². The second kappa shape index (κ2) is 5.85. The smallest absolute Gasteiger partial charge is 0.132 e. The molecule has 2 heterocycles. The molecule has 0 aliphatic heterocycles. The summed E-state index contributed by atoms with van der Waals surface area (Å²) in [6, 6.07) is 10.2. The highest BCUT2D eigenvalue weighted by Crippen LogP contribution is 2.23. The molecule has 0 aliphatic carbocycles. The molecule has 106 valence electrons. The molecule has 4 nitrogen and oxygen atoms in total. The van der Waals surface area contributed by atoms with Crippen molar-refractivity contribution in [2.24, 2.45) is 0 Å². The topological polar surface area (TPSA) is 50.9 Å². The summed E-state index contributed by atoms with van der Waals surface area (Å²) in [6.45, 7) is 0.476. The lowest BCUT2D eigenvalue weighted by Crippen LogP contribution is -2.01. The lowest BCUT2D eigenvalue weighted by molar-refractivity contribution is 0.282. The van der Waals surface area contributed by atoms with E-state index in [4.69, 9.17) is 0 Å². The van der Waals surface area contributed by atoms with Gasteiger partial charge in [0.15, 0.2) is 0 Å². The normalized spacial score (nSPS) is 10.8. The van der Waals surface area contributed by atoms with Gasteiger partial charge in [-0.05, 0) is 41.5 Å². The molecule has 3 rings (SSSR count). The summed E-state index contributed by atoms with van der Waals surface area (Å²) in [6.07, 6.45) is 5.13. The zero-order valence-electron chi connectivity index (χ0n) is 11.3. The highest BCUT2D eigenvalue weighted by atomic mass is 19.1. The van der Waals surface area contributed by atoms with Crippen molar-refractivity contribution in [3.63, 3.8) is 0 Å². The molecule has 0 aliphatic rings. The fourth-order valence-corrected chi connectivity index (χ4v) is 2.17. The van der Waals surface area contributed by atoms with Gasteiger partial charge in [-0.15, -0.1) is 0 Å². The van der Waals surface area contributed by atoms with Gasteiger partial charge in [-0.3, -0.25) is 9.67 Å². The Labute approximate surface area is 121 Å². The Bertz CT molecular complexity index is 741. The zero-order chi connectivity index (χ0) is 14.7. The van der Waals surface area contributed by atoms with E-state index in [2.05, 4.69) is 10.1 Å². The maximum atomic E-state index is 14.0. The Balaban J connectivity index is 1.97. The van der Waals surface area contributed by atoms with Gasteiger partial charge in [-0.2, -0.15) is 5.10 Å².